The normalized spacial score (nSPS) is 13.5. The number of benzene rings is 2. The number of amides is 2. The van der Waals surface area contributed by atoms with Crippen molar-refractivity contribution in [2.75, 3.05) is 6.61 Å². The highest BCUT2D eigenvalue weighted by molar-refractivity contribution is 6.20. The molecule has 24 heavy (non-hydrogen) atoms. The monoisotopic (exact) mass is 325 g/mol. The van der Waals surface area contributed by atoms with E-state index in [2.05, 4.69) is 13.8 Å². The molecule has 3 rings (SSSR count). The summed E-state index contributed by atoms with van der Waals surface area (Å²) in [7, 11) is 0. The number of fused-ring (bicyclic) bond motifs is 1. The van der Waals surface area contributed by atoms with E-state index in [4.69, 9.17) is 9.57 Å². The second-order valence-corrected chi connectivity index (χ2v) is 6.07. The summed E-state index contributed by atoms with van der Waals surface area (Å²) < 4.78 is 5.62. The van der Waals surface area contributed by atoms with Gasteiger partial charge in [-0.25, -0.2) is 0 Å². The van der Waals surface area contributed by atoms with Gasteiger partial charge in [-0.3, -0.25) is 14.4 Å². The average Bonchev–Trinajstić information content (AvgIpc) is 2.83. The summed E-state index contributed by atoms with van der Waals surface area (Å²) in [5.74, 6) is 0.398. The van der Waals surface area contributed by atoms with E-state index < -0.39 is 11.8 Å². The first-order valence-electron chi connectivity index (χ1n) is 7.88. The Bertz CT molecular complexity index is 717. The molecule has 0 aromatic heterocycles. The molecule has 0 unspecified atom stereocenters. The van der Waals surface area contributed by atoms with Crippen molar-refractivity contribution in [1.29, 1.82) is 0 Å². The fourth-order valence-electron chi connectivity index (χ4n) is 2.37. The Morgan fingerprint density at radius 3 is 2.04 bits per heavy atom. The van der Waals surface area contributed by atoms with Gasteiger partial charge >= 0.3 is 0 Å². The van der Waals surface area contributed by atoms with Gasteiger partial charge in [0.1, 0.15) is 12.4 Å². The third kappa shape index (κ3) is 3.31. The van der Waals surface area contributed by atoms with Crippen LogP contribution in [0.3, 0.4) is 0 Å². The van der Waals surface area contributed by atoms with E-state index in [0.29, 0.717) is 23.7 Å². The van der Waals surface area contributed by atoms with Crippen LogP contribution in [0.25, 0.3) is 0 Å². The molecule has 0 saturated carbocycles. The third-order valence-corrected chi connectivity index (χ3v) is 3.62. The first kappa shape index (κ1) is 16.2. The Morgan fingerprint density at radius 2 is 1.50 bits per heavy atom. The van der Waals surface area contributed by atoms with E-state index in [-0.39, 0.29) is 6.61 Å². The summed E-state index contributed by atoms with van der Waals surface area (Å²) in [6, 6.07) is 14.1. The highest BCUT2D eigenvalue weighted by atomic mass is 16.7. The number of carbonyl (C=O) groups is 2. The summed E-state index contributed by atoms with van der Waals surface area (Å²) in [6.07, 6.45) is 0. The molecule has 2 aromatic carbocycles. The van der Waals surface area contributed by atoms with Crippen LogP contribution in [0, 0.1) is 5.92 Å². The van der Waals surface area contributed by atoms with Crippen molar-refractivity contribution in [3.63, 3.8) is 0 Å². The molecule has 0 bridgehead atoms. The number of imide groups is 1. The zero-order chi connectivity index (χ0) is 17.1. The lowest BCUT2D eigenvalue weighted by atomic mass is 10.1. The van der Waals surface area contributed by atoms with Crippen LogP contribution < -0.4 is 4.74 Å². The van der Waals surface area contributed by atoms with Gasteiger partial charge in [0.25, 0.3) is 11.8 Å². The molecule has 0 N–H and O–H groups in total. The van der Waals surface area contributed by atoms with Gasteiger partial charge in [0.15, 0.2) is 0 Å². The lowest BCUT2D eigenvalue weighted by molar-refractivity contribution is -0.101. The molecule has 0 radical (unpaired) electrons. The Morgan fingerprint density at radius 1 is 0.917 bits per heavy atom. The summed E-state index contributed by atoms with van der Waals surface area (Å²) >= 11 is 0. The van der Waals surface area contributed by atoms with Gasteiger partial charge in [0, 0.05) is 0 Å². The zero-order valence-corrected chi connectivity index (χ0v) is 13.7. The Kier molecular flexibility index (Phi) is 4.62. The summed E-state index contributed by atoms with van der Waals surface area (Å²) in [5.41, 5.74) is 1.60. The summed E-state index contributed by atoms with van der Waals surface area (Å²) in [4.78, 5) is 29.8. The molecule has 0 fully saturated rings. The van der Waals surface area contributed by atoms with Crippen molar-refractivity contribution in [1.82, 2.24) is 5.06 Å². The SMILES string of the molecule is CC(C)COc1ccc(CON2C(=O)c3ccccc3C2=O)cc1. The van der Waals surface area contributed by atoms with Gasteiger partial charge < -0.3 is 4.74 Å². The molecule has 124 valence electrons. The van der Waals surface area contributed by atoms with E-state index in [1.165, 1.54) is 0 Å². The predicted octanol–water partition coefficient (Wildman–Crippen LogP) is 3.45. The van der Waals surface area contributed by atoms with Crippen LogP contribution >= 0.6 is 0 Å². The quantitative estimate of drug-likeness (QED) is 0.763. The van der Waals surface area contributed by atoms with Crippen LogP contribution in [0.4, 0.5) is 0 Å². The molecule has 0 saturated heterocycles. The second kappa shape index (κ2) is 6.84. The van der Waals surface area contributed by atoms with E-state index in [0.717, 1.165) is 16.4 Å². The Hall–Kier alpha value is -2.66. The van der Waals surface area contributed by atoms with Crippen LogP contribution in [0.2, 0.25) is 0 Å². The predicted molar refractivity (Wildman–Crippen MR) is 88.5 cm³/mol. The number of rotatable bonds is 6. The van der Waals surface area contributed by atoms with E-state index >= 15 is 0 Å². The molecular formula is C19H19NO4. The topological polar surface area (TPSA) is 55.8 Å². The maximum atomic E-state index is 12.2. The van der Waals surface area contributed by atoms with Gasteiger partial charge in [-0.2, -0.15) is 0 Å². The smallest absolute Gasteiger partial charge is 0.285 e. The number of hydroxylamine groups is 2. The number of carbonyl (C=O) groups excluding carboxylic acids is 2. The molecule has 1 aliphatic heterocycles. The standard InChI is InChI=1S/C19H19NO4/c1-13(2)11-23-15-9-7-14(8-10-15)12-24-20-18(21)16-5-3-4-6-17(16)19(20)22/h3-10,13H,11-12H2,1-2H3. The van der Waals surface area contributed by atoms with Crippen molar-refractivity contribution in [2.45, 2.75) is 20.5 Å². The molecule has 0 spiro atoms. The molecular weight excluding hydrogens is 306 g/mol. The highest BCUT2D eigenvalue weighted by Gasteiger charge is 2.36. The molecule has 5 heteroatoms. The van der Waals surface area contributed by atoms with Crippen LogP contribution in [0.15, 0.2) is 48.5 Å². The van der Waals surface area contributed by atoms with Gasteiger partial charge in [0.05, 0.1) is 17.7 Å². The van der Waals surface area contributed by atoms with Crippen molar-refractivity contribution in [3.05, 3.63) is 65.2 Å². The fraction of sp³-hybridized carbons (Fsp3) is 0.263. The lowest BCUT2D eigenvalue weighted by Gasteiger charge is -2.14. The minimum Gasteiger partial charge on any atom is -0.493 e. The largest absolute Gasteiger partial charge is 0.493 e. The molecule has 2 amide bonds. The first-order valence-corrected chi connectivity index (χ1v) is 7.88. The number of nitrogens with zero attached hydrogens (tertiary/aromatic N) is 1. The van der Waals surface area contributed by atoms with Crippen LogP contribution in [0.5, 0.6) is 5.75 Å². The van der Waals surface area contributed by atoms with Crippen LogP contribution in [-0.4, -0.2) is 23.5 Å². The minimum absolute atomic E-state index is 0.135. The molecule has 1 aliphatic rings. The van der Waals surface area contributed by atoms with Crippen molar-refractivity contribution >= 4 is 11.8 Å². The summed E-state index contributed by atoms with van der Waals surface area (Å²) in [6.45, 7) is 4.97. The van der Waals surface area contributed by atoms with E-state index in [1.54, 1.807) is 24.3 Å². The minimum atomic E-state index is -0.424. The number of ether oxygens (including phenoxy) is 1. The fourth-order valence-corrected chi connectivity index (χ4v) is 2.37. The van der Waals surface area contributed by atoms with Crippen molar-refractivity contribution < 1.29 is 19.2 Å². The third-order valence-electron chi connectivity index (χ3n) is 3.62. The maximum Gasteiger partial charge on any atom is 0.285 e. The Labute approximate surface area is 140 Å². The van der Waals surface area contributed by atoms with Gasteiger partial charge in [-0.1, -0.05) is 38.1 Å². The molecule has 0 atom stereocenters. The zero-order valence-electron chi connectivity index (χ0n) is 13.7. The molecule has 2 aromatic rings. The molecule has 1 heterocycles. The van der Waals surface area contributed by atoms with E-state index in [9.17, 15) is 9.59 Å². The van der Waals surface area contributed by atoms with Gasteiger partial charge in [-0.05, 0) is 35.7 Å². The van der Waals surface area contributed by atoms with Gasteiger partial charge in [-0.15, -0.1) is 5.06 Å². The number of hydrogen-bond acceptors (Lipinski definition) is 4. The highest BCUT2D eigenvalue weighted by Crippen LogP contribution is 2.23. The summed E-state index contributed by atoms with van der Waals surface area (Å²) in [5, 5.41) is 0.827. The second-order valence-electron chi connectivity index (χ2n) is 6.07. The van der Waals surface area contributed by atoms with Gasteiger partial charge in [0.2, 0.25) is 0 Å². The maximum absolute atomic E-state index is 12.2. The van der Waals surface area contributed by atoms with E-state index in [1.807, 2.05) is 24.3 Å². The van der Waals surface area contributed by atoms with Crippen molar-refractivity contribution in [3.8, 4) is 5.75 Å². The van der Waals surface area contributed by atoms with Crippen LogP contribution in [-0.2, 0) is 11.4 Å². The van der Waals surface area contributed by atoms with Crippen LogP contribution in [0.1, 0.15) is 40.1 Å². The number of hydrogen-bond donors (Lipinski definition) is 0. The first-order chi connectivity index (χ1) is 11.6. The Balaban J connectivity index is 1.60. The molecule has 0 aliphatic carbocycles. The molecule has 5 nitrogen and oxygen atoms in total. The van der Waals surface area contributed by atoms with Crippen molar-refractivity contribution in [2.24, 2.45) is 5.92 Å². The lowest BCUT2D eigenvalue weighted by Crippen LogP contribution is -2.29. The average molecular weight is 325 g/mol.